The summed E-state index contributed by atoms with van der Waals surface area (Å²) in [6.45, 7) is 0. The quantitative estimate of drug-likeness (QED) is 0.841. The van der Waals surface area contributed by atoms with E-state index in [0.717, 1.165) is 15.5 Å². The molecule has 0 amide bonds. The Balaban J connectivity index is 2.83. The summed E-state index contributed by atoms with van der Waals surface area (Å²) >= 11 is 3.44. The maximum Gasteiger partial charge on any atom is 0.220 e. The van der Waals surface area contributed by atoms with E-state index in [4.69, 9.17) is 5.73 Å². The van der Waals surface area contributed by atoms with E-state index in [1.165, 1.54) is 0 Å². The normalized spacial score (nSPS) is 10.8. The molecular weight excluding hydrogens is 244 g/mol. The topological polar surface area (TPSA) is 47.1 Å². The lowest BCUT2D eigenvalue weighted by molar-refractivity contribution is 0.765. The molecule has 14 heavy (non-hydrogen) atoms. The number of fused-ring (bicyclic) bond motifs is 1. The molecule has 0 aliphatic rings. The third-order valence-corrected chi connectivity index (χ3v) is 2.68. The SMILES string of the molecule is CN(C)n1c(N)nc2c(Br)cccc21. The minimum absolute atomic E-state index is 0.497. The molecule has 0 aliphatic carbocycles. The van der Waals surface area contributed by atoms with Gasteiger partial charge in [-0.2, -0.15) is 0 Å². The van der Waals surface area contributed by atoms with Gasteiger partial charge in [0.2, 0.25) is 5.95 Å². The van der Waals surface area contributed by atoms with E-state index < -0.39 is 0 Å². The maximum atomic E-state index is 5.81. The van der Waals surface area contributed by atoms with Gasteiger partial charge in [0.05, 0.1) is 5.52 Å². The highest BCUT2D eigenvalue weighted by Crippen LogP contribution is 2.24. The summed E-state index contributed by atoms with van der Waals surface area (Å²) in [5.41, 5.74) is 7.70. The first kappa shape index (κ1) is 9.33. The van der Waals surface area contributed by atoms with E-state index >= 15 is 0 Å². The van der Waals surface area contributed by atoms with Crippen molar-refractivity contribution >= 4 is 32.9 Å². The number of halogens is 1. The zero-order valence-corrected chi connectivity index (χ0v) is 9.62. The van der Waals surface area contributed by atoms with Crippen molar-refractivity contribution in [1.29, 1.82) is 0 Å². The number of nitrogens with zero attached hydrogens (tertiary/aromatic N) is 3. The Kier molecular flexibility index (Phi) is 2.11. The van der Waals surface area contributed by atoms with Gasteiger partial charge in [-0.25, -0.2) is 9.66 Å². The molecule has 1 aromatic carbocycles. The molecule has 1 heterocycles. The Morgan fingerprint density at radius 2 is 2.14 bits per heavy atom. The number of nitrogens with two attached hydrogens (primary N) is 1. The highest BCUT2D eigenvalue weighted by molar-refractivity contribution is 9.10. The Hall–Kier alpha value is -1.23. The van der Waals surface area contributed by atoms with Crippen molar-refractivity contribution in [3.8, 4) is 0 Å². The second kappa shape index (κ2) is 3.16. The molecule has 0 fully saturated rings. The van der Waals surface area contributed by atoms with Gasteiger partial charge < -0.3 is 10.7 Å². The summed E-state index contributed by atoms with van der Waals surface area (Å²) < 4.78 is 2.82. The monoisotopic (exact) mass is 254 g/mol. The van der Waals surface area contributed by atoms with Crippen LogP contribution in [0.3, 0.4) is 0 Å². The molecule has 0 spiro atoms. The number of benzene rings is 1. The molecule has 0 atom stereocenters. The Morgan fingerprint density at radius 3 is 2.79 bits per heavy atom. The van der Waals surface area contributed by atoms with E-state index in [0.29, 0.717) is 5.95 Å². The zero-order valence-electron chi connectivity index (χ0n) is 8.03. The summed E-state index contributed by atoms with van der Waals surface area (Å²) in [5.74, 6) is 0.497. The van der Waals surface area contributed by atoms with Gasteiger partial charge in [-0.05, 0) is 28.1 Å². The molecule has 1 aromatic heterocycles. The van der Waals surface area contributed by atoms with Crippen LogP contribution in [0.4, 0.5) is 5.95 Å². The summed E-state index contributed by atoms with van der Waals surface area (Å²) in [4.78, 5) is 4.29. The lowest BCUT2D eigenvalue weighted by atomic mass is 10.3. The minimum Gasteiger partial charge on any atom is -0.368 e. The number of hydrogen-bond donors (Lipinski definition) is 1. The number of imidazole rings is 1. The van der Waals surface area contributed by atoms with Crippen LogP contribution in [0, 0.1) is 0 Å². The van der Waals surface area contributed by atoms with E-state index in [-0.39, 0.29) is 0 Å². The zero-order chi connectivity index (χ0) is 10.3. The van der Waals surface area contributed by atoms with Gasteiger partial charge in [0.1, 0.15) is 5.52 Å². The fraction of sp³-hybridized carbons (Fsp3) is 0.222. The second-order valence-electron chi connectivity index (χ2n) is 3.24. The minimum atomic E-state index is 0.497. The van der Waals surface area contributed by atoms with E-state index in [9.17, 15) is 0 Å². The summed E-state index contributed by atoms with van der Waals surface area (Å²) in [7, 11) is 3.86. The van der Waals surface area contributed by atoms with Crippen LogP contribution < -0.4 is 10.7 Å². The van der Waals surface area contributed by atoms with Crippen LogP contribution >= 0.6 is 15.9 Å². The first-order valence-electron chi connectivity index (χ1n) is 4.21. The fourth-order valence-corrected chi connectivity index (χ4v) is 1.94. The first-order valence-corrected chi connectivity index (χ1v) is 5.00. The molecule has 0 unspecified atom stereocenters. The predicted octanol–water partition coefficient (Wildman–Crippen LogP) is 1.58. The smallest absolute Gasteiger partial charge is 0.220 e. The van der Waals surface area contributed by atoms with Gasteiger partial charge in [0.25, 0.3) is 0 Å². The molecule has 74 valence electrons. The van der Waals surface area contributed by atoms with Crippen molar-refractivity contribution in [2.75, 3.05) is 24.8 Å². The third-order valence-electron chi connectivity index (χ3n) is 2.04. The van der Waals surface area contributed by atoms with Gasteiger partial charge in [0, 0.05) is 18.6 Å². The highest BCUT2D eigenvalue weighted by Gasteiger charge is 2.10. The first-order chi connectivity index (χ1) is 6.61. The van der Waals surface area contributed by atoms with Gasteiger partial charge >= 0.3 is 0 Å². The molecule has 5 heteroatoms. The third kappa shape index (κ3) is 1.24. The Bertz CT molecular complexity index is 475. The van der Waals surface area contributed by atoms with Gasteiger partial charge in [-0.3, -0.25) is 0 Å². The van der Waals surface area contributed by atoms with Crippen LogP contribution in [0.25, 0.3) is 11.0 Å². The molecule has 4 nitrogen and oxygen atoms in total. The number of anilines is 1. The van der Waals surface area contributed by atoms with Gasteiger partial charge in [-0.15, -0.1) is 0 Å². The number of rotatable bonds is 1. The van der Waals surface area contributed by atoms with Gasteiger partial charge in [-0.1, -0.05) is 6.07 Å². The number of para-hydroxylation sites is 1. The summed E-state index contributed by atoms with van der Waals surface area (Å²) in [6.07, 6.45) is 0. The van der Waals surface area contributed by atoms with E-state index in [1.54, 1.807) is 0 Å². The number of nitrogen functional groups attached to an aromatic ring is 1. The largest absolute Gasteiger partial charge is 0.368 e. The molecule has 0 aliphatic heterocycles. The molecule has 0 saturated heterocycles. The van der Waals surface area contributed by atoms with Crippen LogP contribution in [0.2, 0.25) is 0 Å². The van der Waals surface area contributed by atoms with Crippen molar-refractivity contribution < 1.29 is 0 Å². The Morgan fingerprint density at radius 1 is 1.43 bits per heavy atom. The van der Waals surface area contributed by atoms with Crippen LogP contribution in [-0.2, 0) is 0 Å². The van der Waals surface area contributed by atoms with E-state index in [2.05, 4.69) is 20.9 Å². The van der Waals surface area contributed by atoms with Crippen molar-refractivity contribution in [3.63, 3.8) is 0 Å². The van der Waals surface area contributed by atoms with Crippen molar-refractivity contribution in [3.05, 3.63) is 22.7 Å². The lowest BCUT2D eigenvalue weighted by Gasteiger charge is -2.15. The van der Waals surface area contributed by atoms with Crippen molar-refractivity contribution in [2.24, 2.45) is 0 Å². The van der Waals surface area contributed by atoms with Crippen LogP contribution in [0.15, 0.2) is 22.7 Å². The summed E-state index contributed by atoms with van der Waals surface area (Å²) in [5, 5.41) is 1.90. The lowest BCUT2D eigenvalue weighted by Crippen LogP contribution is -2.26. The van der Waals surface area contributed by atoms with Crippen molar-refractivity contribution in [1.82, 2.24) is 9.66 Å². The molecule has 2 rings (SSSR count). The molecule has 0 bridgehead atoms. The molecule has 0 radical (unpaired) electrons. The summed E-state index contributed by atoms with van der Waals surface area (Å²) in [6, 6.07) is 5.91. The Labute approximate surface area is 90.4 Å². The highest BCUT2D eigenvalue weighted by atomic mass is 79.9. The molecule has 0 saturated carbocycles. The van der Waals surface area contributed by atoms with Crippen LogP contribution in [0.5, 0.6) is 0 Å². The average molecular weight is 255 g/mol. The fourth-order valence-electron chi connectivity index (χ4n) is 1.49. The number of hydrogen-bond acceptors (Lipinski definition) is 3. The number of aromatic nitrogens is 2. The molecule has 2 N–H and O–H groups in total. The molecular formula is C9H11BrN4. The second-order valence-corrected chi connectivity index (χ2v) is 4.09. The van der Waals surface area contributed by atoms with Crippen LogP contribution in [0.1, 0.15) is 0 Å². The predicted molar refractivity (Wildman–Crippen MR) is 61.9 cm³/mol. The standard InChI is InChI=1S/C9H11BrN4/c1-13(2)14-7-5-3-4-6(10)8(7)12-9(14)11/h3-5H,1-2H3,(H2,11,12). The van der Waals surface area contributed by atoms with Gasteiger partial charge in [0.15, 0.2) is 0 Å². The van der Waals surface area contributed by atoms with Crippen molar-refractivity contribution in [2.45, 2.75) is 0 Å². The van der Waals surface area contributed by atoms with E-state index in [1.807, 2.05) is 42.0 Å². The average Bonchev–Trinajstić information content (AvgIpc) is 2.42. The van der Waals surface area contributed by atoms with Crippen LogP contribution in [-0.4, -0.2) is 23.8 Å². The maximum absolute atomic E-state index is 5.81. The molecule has 2 aromatic rings.